The first-order chi connectivity index (χ1) is 14.9. The van der Waals surface area contributed by atoms with Gasteiger partial charge in [0.15, 0.2) is 0 Å². The van der Waals surface area contributed by atoms with Crippen LogP contribution in [0.15, 0.2) is 68.2 Å². The van der Waals surface area contributed by atoms with E-state index < -0.39 is 5.63 Å². The topological polar surface area (TPSA) is 65.1 Å². The van der Waals surface area contributed by atoms with E-state index in [-0.39, 0.29) is 12.1 Å². The van der Waals surface area contributed by atoms with Crippen LogP contribution in [0.4, 0.5) is 0 Å². The lowest BCUT2D eigenvalue weighted by molar-refractivity contribution is 0.557. The van der Waals surface area contributed by atoms with Gasteiger partial charge in [0.05, 0.1) is 18.3 Å². The van der Waals surface area contributed by atoms with Gasteiger partial charge in [-0.3, -0.25) is 9.36 Å². The quantitative estimate of drug-likeness (QED) is 0.370. The van der Waals surface area contributed by atoms with Gasteiger partial charge in [-0.05, 0) is 54.7 Å². The molecule has 5 aromatic rings. The zero-order chi connectivity index (χ0) is 21.7. The maximum absolute atomic E-state index is 13.4. The van der Waals surface area contributed by atoms with Gasteiger partial charge in [-0.1, -0.05) is 30.3 Å². The molecule has 5 rings (SSSR count). The van der Waals surface area contributed by atoms with Crippen LogP contribution < -0.4 is 11.2 Å². The van der Waals surface area contributed by atoms with E-state index in [0.717, 1.165) is 27.6 Å². The lowest BCUT2D eigenvalue weighted by atomic mass is 10.0. The molecule has 0 aliphatic rings. The molecule has 3 aromatic heterocycles. The fraction of sp³-hybridized carbons (Fsp3) is 0.160. The van der Waals surface area contributed by atoms with Crippen LogP contribution in [-0.4, -0.2) is 9.55 Å². The second kappa shape index (κ2) is 7.32. The lowest BCUT2D eigenvalue weighted by Crippen LogP contribution is -2.21. The maximum atomic E-state index is 13.4. The molecule has 0 saturated carbocycles. The number of fused-ring (bicyclic) bond motifs is 2. The minimum atomic E-state index is -0.429. The van der Waals surface area contributed by atoms with Crippen LogP contribution in [0.2, 0.25) is 0 Å². The smallest absolute Gasteiger partial charge is 0.336 e. The van der Waals surface area contributed by atoms with E-state index in [1.54, 1.807) is 10.9 Å². The molecule has 6 heteroatoms. The van der Waals surface area contributed by atoms with Crippen LogP contribution in [-0.2, 0) is 6.54 Å². The predicted molar refractivity (Wildman–Crippen MR) is 125 cm³/mol. The maximum Gasteiger partial charge on any atom is 0.336 e. The van der Waals surface area contributed by atoms with Crippen molar-refractivity contribution in [2.75, 3.05) is 0 Å². The van der Waals surface area contributed by atoms with Crippen molar-refractivity contribution in [3.63, 3.8) is 0 Å². The Balaban J connectivity index is 1.67. The molecule has 3 heterocycles. The second-order valence-corrected chi connectivity index (χ2v) is 8.75. The van der Waals surface area contributed by atoms with Gasteiger partial charge < -0.3 is 4.42 Å². The van der Waals surface area contributed by atoms with Gasteiger partial charge in [-0.2, -0.15) is 0 Å². The Morgan fingerprint density at radius 3 is 2.65 bits per heavy atom. The summed E-state index contributed by atoms with van der Waals surface area (Å²) in [7, 11) is 0. The summed E-state index contributed by atoms with van der Waals surface area (Å²) in [6.07, 6.45) is 1.56. The molecule has 2 aromatic carbocycles. The van der Waals surface area contributed by atoms with Gasteiger partial charge in [0.25, 0.3) is 5.56 Å². The first kappa shape index (κ1) is 19.5. The molecular formula is C25H20N2O3S. The fourth-order valence-electron chi connectivity index (χ4n) is 3.85. The number of nitrogens with zero attached hydrogens (tertiary/aromatic N) is 2. The Morgan fingerprint density at radius 2 is 1.84 bits per heavy atom. The molecule has 31 heavy (non-hydrogen) atoms. The molecule has 0 saturated heterocycles. The van der Waals surface area contributed by atoms with Crippen molar-refractivity contribution in [2.24, 2.45) is 0 Å². The average molecular weight is 429 g/mol. The Hall–Kier alpha value is -3.51. The summed E-state index contributed by atoms with van der Waals surface area (Å²) in [5.74, 6) is 0. The summed E-state index contributed by atoms with van der Waals surface area (Å²) in [5, 5.41) is 3.42. The normalized spacial score (nSPS) is 11.5. The number of aromatic nitrogens is 2. The fourth-order valence-corrected chi connectivity index (χ4v) is 4.76. The third kappa shape index (κ3) is 3.39. The molecule has 5 nitrogen and oxygen atoms in total. The van der Waals surface area contributed by atoms with Crippen LogP contribution in [0.3, 0.4) is 0 Å². The molecule has 0 fully saturated rings. The van der Waals surface area contributed by atoms with Crippen molar-refractivity contribution in [2.45, 2.75) is 27.3 Å². The lowest BCUT2D eigenvalue weighted by Gasteiger charge is -2.09. The van der Waals surface area contributed by atoms with Crippen molar-refractivity contribution in [3.8, 4) is 11.1 Å². The zero-order valence-electron chi connectivity index (χ0n) is 17.4. The minimum Gasteiger partial charge on any atom is -0.423 e. The third-order valence-electron chi connectivity index (χ3n) is 5.71. The predicted octanol–water partition coefficient (Wildman–Crippen LogP) is 5.20. The van der Waals surface area contributed by atoms with Crippen molar-refractivity contribution >= 4 is 32.5 Å². The van der Waals surface area contributed by atoms with Crippen LogP contribution in [0.1, 0.15) is 22.3 Å². The molecule has 0 aliphatic heterocycles. The summed E-state index contributed by atoms with van der Waals surface area (Å²) in [5.41, 5.74) is 6.00. The van der Waals surface area contributed by atoms with Crippen molar-refractivity contribution in [1.29, 1.82) is 0 Å². The zero-order valence-corrected chi connectivity index (χ0v) is 18.2. The standard InChI is InChI=1S/C25H20N2O3S/c1-14-4-7-19-18(10-22(28)30-21(19)8-14)11-27-13-26-24-23(25(27)29)20(12-31-24)17-6-5-15(2)16(3)9-17/h4-10,12-13H,11H2,1-3H3. The molecule has 0 aliphatic carbocycles. The Kier molecular flexibility index (Phi) is 4.59. The number of aryl methyl sites for hydroxylation is 3. The van der Waals surface area contributed by atoms with Crippen LogP contribution in [0.25, 0.3) is 32.3 Å². The highest BCUT2D eigenvalue weighted by Gasteiger charge is 2.15. The van der Waals surface area contributed by atoms with Gasteiger partial charge in [0, 0.05) is 22.4 Å². The number of hydrogen-bond acceptors (Lipinski definition) is 5. The van der Waals surface area contributed by atoms with Crippen molar-refractivity contribution < 1.29 is 4.42 Å². The first-order valence-electron chi connectivity index (χ1n) is 9.98. The summed E-state index contributed by atoms with van der Waals surface area (Å²) < 4.78 is 6.91. The molecule has 0 amide bonds. The van der Waals surface area contributed by atoms with E-state index >= 15 is 0 Å². The van der Waals surface area contributed by atoms with Gasteiger partial charge in [-0.25, -0.2) is 9.78 Å². The Morgan fingerprint density at radius 1 is 1.00 bits per heavy atom. The highest BCUT2D eigenvalue weighted by molar-refractivity contribution is 7.17. The molecule has 0 N–H and O–H groups in total. The highest BCUT2D eigenvalue weighted by Crippen LogP contribution is 2.31. The minimum absolute atomic E-state index is 0.118. The SMILES string of the molecule is Cc1ccc2c(Cn3cnc4scc(-c5ccc(C)c(C)c5)c4c3=O)cc(=O)oc2c1. The summed E-state index contributed by atoms with van der Waals surface area (Å²) in [6.45, 7) is 6.33. The van der Waals surface area contributed by atoms with Crippen molar-refractivity contribution in [3.05, 3.63) is 97.2 Å². The van der Waals surface area contributed by atoms with E-state index in [2.05, 4.69) is 31.0 Å². The summed E-state index contributed by atoms with van der Waals surface area (Å²) >= 11 is 1.47. The van der Waals surface area contributed by atoms with E-state index in [9.17, 15) is 9.59 Å². The third-order valence-corrected chi connectivity index (χ3v) is 6.59. The van der Waals surface area contributed by atoms with Gasteiger partial charge >= 0.3 is 5.63 Å². The Labute approximate surface area is 182 Å². The Bertz CT molecular complexity index is 1590. The average Bonchev–Trinajstić information content (AvgIpc) is 3.16. The largest absolute Gasteiger partial charge is 0.423 e. The van der Waals surface area contributed by atoms with E-state index in [4.69, 9.17) is 4.42 Å². The van der Waals surface area contributed by atoms with E-state index in [0.29, 0.717) is 15.8 Å². The van der Waals surface area contributed by atoms with Gasteiger partial charge in [0.1, 0.15) is 10.4 Å². The first-order valence-corrected chi connectivity index (χ1v) is 10.9. The molecular weight excluding hydrogens is 408 g/mol. The molecule has 0 atom stereocenters. The molecule has 0 radical (unpaired) electrons. The van der Waals surface area contributed by atoms with Gasteiger partial charge in [0.2, 0.25) is 0 Å². The molecule has 154 valence electrons. The highest BCUT2D eigenvalue weighted by atomic mass is 32.1. The van der Waals surface area contributed by atoms with Gasteiger partial charge in [-0.15, -0.1) is 11.3 Å². The van der Waals surface area contributed by atoms with Crippen LogP contribution in [0.5, 0.6) is 0 Å². The summed E-state index contributed by atoms with van der Waals surface area (Å²) in [6, 6.07) is 13.4. The van der Waals surface area contributed by atoms with E-state index in [1.165, 1.54) is 28.5 Å². The van der Waals surface area contributed by atoms with Crippen LogP contribution >= 0.6 is 11.3 Å². The summed E-state index contributed by atoms with van der Waals surface area (Å²) in [4.78, 5) is 30.8. The monoisotopic (exact) mass is 428 g/mol. The second-order valence-electron chi connectivity index (χ2n) is 7.90. The van der Waals surface area contributed by atoms with E-state index in [1.807, 2.05) is 36.6 Å². The number of rotatable bonds is 3. The molecule has 0 spiro atoms. The number of hydrogen-bond donors (Lipinski definition) is 0. The molecule has 0 unspecified atom stereocenters. The number of benzene rings is 2. The molecule has 0 bridgehead atoms. The van der Waals surface area contributed by atoms with Crippen molar-refractivity contribution in [1.82, 2.24) is 9.55 Å². The van der Waals surface area contributed by atoms with Crippen LogP contribution in [0, 0.1) is 20.8 Å². The number of thiophene rings is 1.